The van der Waals surface area contributed by atoms with Gasteiger partial charge in [0.2, 0.25) is 0 Å². The van der Waals surface area contributed by atoms with Crippen LogP contribution in [0.2, 0.25) is 0 Å². The van der Waals surface area contributed by atoms with E-state index >= 15 is 0 Å². The number of aliphatic hydroxyl groups is 4. The third-order valence-electron chi connectivity index (χ3n) is 10.5. The van der Waals surface area contributed by atoms with Crippen molar-refractivity contribution in [3.8, 4) is 22.6 Å². The average molecular weight is 721 g/mol. The number of halogens is 2. The van der Waals surface area contributed by atoms with Crippen molar-refractivity contribution in [2.24, 2.45) is 0 Å². The Kier molecular flexibility index (Phi) is 13.9. The van der Waals surface area contributed by atoms with Gasteiger partial charge in [-0.15, -0.1) is 0 Å². The minimum Gasteiger partial charge on any atom is -0.489 e. The molecule has 0 aromatic heterocycles. The molecule has 0 spiro atoms. The number of ether oxygens (including phenoxy) is 2. The quantitative estimate of drug-likeness (QED) is 0.0898. The fraction of sp³-hybridized carbons (Fsp3) is 0.429. The monoisotopic (exact) mass is 720 g/mol. The van der Waals surface area contributed by atoms with Crippen LogP contribution < -0.4 is 9.47 Å². The maximum Gasteiger partial charge on any atom is 0.267 e. The third-order valence-corrected chi connectivity index (χ3v) is 10.5. The first kappa shape index (κ1) is 40.9. The number of aryl methyl sites for hydroxylation is 1. The molecule has 0 aliphatic carbocycles. The molecule has 0 radical (unpaired) electrons. The van der Waals surface area contributed by atoms with Crippen molar-refractivity contribution in [2.75, 3.05) is 40.5 Å². The first-order valence-corrected chi connectivity index (χ1v) is 17.5. The maximum atomic E-state index is 14.2. The minimum absolute atomic E-state index is 0.109. The summed E-state index contributed by atoms with van der Waals surface area (Å²) >= 11 is 0. The van der Waals surface area contributed by atoms with E-state index in [1.54, 1.807) is 31.0 Å². The van der Waals surface area contributed by atoms with Gasteiger partial charge in [0.05, 0.1) is 43.1 Å². The van der Waals surface area contributed by atoms with Gasteiger partial charge in [-0.25, -0.2) is 8.78 Å². The summed E-state index contributed by atoms with van der Waals surface area (Å²) in [6, 6.07) is 22.8. The van der Waals surface area contributed by atoms with Crippen molar-refractivity contribution >= 4 is 0 Å². The SMILES string of the molecule is Cc1cc(CN(C)C(C)(CO)CO)ccc1OCc1cccc(-c2cccc(COc3ccc(CN(C)C(C)(CO)CO)cc3C(F)F)c2C)c1C. The molecule has 0 atom stereocenters. The van der Waals surface area contributed by atoms with Gasteiger partial charge in [0.15, 0.2) is 0 Å². The summed E-state index contributed by atoms with van der Waals surface area (Å²) in [4.78, 5) is 3.68. The molecule has 10 heteroatoms. The second-order valence-electron chi connectivity index (χ2n) is 14.4. The molecule has 4 aromatic carbocycles. The topological polar surface area (TPSA) is 106 Å². The molecule has 52 heavy (non-hydrogen) atoms. The van der Waals surface area contributed by atoms with Gasteiger partial charge in [0.25, 0.3) is 6.43 Å². The van der Waals surface area contributed by atoms with Crippen molar-refractivity contribution in [3.63, 3.8) is 0 Å². The van der Waals surface area contributed by atoms with Gasteiger partial charge in [0.1, 0.15) is 24.7 Å². The molecule has 0 unspecified atom stereocenters. The molecule has 0 bridgehead atoms. The summed E-state index contributed by atoms with van der Waals surface area (Å²) in [5.74, 6) is 0.883. The maximum absolute atomic E-state index is 14.2. The summed E-state index contributed by atoms with van der Waals surface area (Å²) in [5.41, 5.74) is 6.90. The standard InChI is InChI=1S/C42H54F2N2O6/c1-28-18-31(20-45(6)41(4,24-47)25-48)14-16-38(28)51-22-33-10-8-12-35(29(33)2)36-13-9-11-34(30(36)3)23-52-39-17-15-32(19-37(39)40(43)44)21-46(7)42(5,26-49)27-50/h8-19,40,47-50H,20-27H2,1-7H3. The molecule has 282 valence electrons. The second kappa shape index (κ2) is 17.7. The van der Waals surface area contributed by atoms with Gasteiger partial charge in [-0.3, -0.25) is 9.80 Å². The van der Waals surface area contributed by atoms with Crippen LogP contribution >= 0.6 is 0 Å². The smallest absolute Gasteiger partial charge is 0.267 e. The number of rotatable bonds is 18. The molecule has 4 rings (SSSR count). The Balaban J connectivity index is 1.48. The molecule has 4 aromatic rings. The zero-order valence-corrected chi connectivity index (χ0v) is 31.4. The highest BCUT2D eigenvalue weighted by Gasteiger charge is 2.29. The van der Waals surface area contributed by atoms with E-state index in [9.17, 15) is 29.2 Å². The second-order valence-corrected chi connectivity index (χ2v) is 14.4. The Morgan fingerprint density at radius 2 is 1.04 bits per heavy atom. The van der Waals surface area contributed by atoms with E-state index in [2.05, 4.69) is 19.1 Å². The van der Waals surface area contributed by atoms with Gasteiger partial charge in [-0.1, -0.05) is 54.6 Å². The van der Waals surface area contributed by atoms with E-state index in [0.717, 1.165) is 50.3 Å². The predicted octanol–water partition coefficient (Wildman–Crippen LogP) is 6.72. The van der Waals surface area contributed by atoms with Crippen LogP contribution in [0.4, 0.5) is 8.78 Å². The van der Waals surface area contributed by atoms with E-state index in [4.69, 9.17) is 9.47 Å². The summed E-state index contributed by atoms with van der Waals surface area (Å²) in [5, 5.41) is 38.9. The summed E-state index contributed by atoms with van der Waals surface area (Å²) in [6.45, 7) is 10.1. The number of alkyl halides is 2. The molecule has 0 aliphatic rings. The Labute approximate surface area is 306 Å². The highest BCUT2D eigenvalue weighted by Crippen LogP contribution is 2.34. The van der Waals surface area contributed by atoms with Crippen molar-refractivity contribution in [3.05, 3.63) is 117 Å². The van der Waals surface area contributed by atoms with E-state index < -0.39 is 17.5 Å². The highest BCUT2D eigenvalue weighted by molar-refractivity contribution is 5.72. The first-order chi connectivity index (χ1) is 24.7. The van der Waals surface area contributed by atoms with Crippen LogP contribution in [0.25, 0.3) is 11.1 Å². The van der Waals surface area contributed by atoms with E-state index in [-0.39, 0.29) is 50.9 Å². The van der Waals surface area contributed by atoms with Crippen LogP contribution in [0.5, 0.6) is 11.5 Å². The normalized spacial score (nSPS) is 12.3. The van der Waals surface area contributed by atoms with Crippen LogP contribution in [-0.4, -0.2) is 81.8 Å². The van der Waals surface area contributed by atoms with Crippen molar-refractivity contribution in [1.82, 2.24) is 9.80 Å². The Bertz CT molecular complexity index is 1790. The van der Waals surface area contributed by atoms with Crippen LogP contribution in [0.1, 0.15) is 64.8 Å². The molecule has 0 saturated carbocycles. The molecule has 0 heterocycles. The van der Waals surface area contributed by atoms with Crippen molar-refractivity contribution in [2.45, 2.75) is 78.4 Å². The van der Waals surface area contributed by atoms with Gasteiger partial charge in [0, 0.05) is 13.1 Å². The lowest BCUT2D eigenvalue weighted by Crippen LogP contribution is -2.49. The lowest BCUT2D eigenvalue weighted by molar-refractivity contribution is 0.0107. The van der Waals surface area contributed by atoms with Crippen LogP contribution in [0.3, 0.4) is 0 Å². The number of aliphatic hydroxyl groups excluding tert-OH is 4. The fourth-order valence-corrected chi connectivity index (χ4v) is 6.06. The molecular weight excluding hydrogens is 666 g/mol. The number of nitrogens with zero attached hydrogens (tertiary/aromatic N) is 2. The Hall–Kier alpha value is -3.90. The lowest BCUT2D eigenvalue weighted by Gasteiger charge is -2.35. The average Bonchev–Trinajstić information content (AvgIpc) is 3.14. The van der Waals surface area contributed by atoms with Crippen LogP contribution in [-0.2, 0) is 26.3 Å². The zero-order chi connectivity index (χ0) is 38.2. The molecule has 0 saturated heterocycles. The van der Waals surface area contributed by atoms with E-state index in [1.807, 2.05) is 75.2 Å². The molecule has 0 aliphatic heterocycles. The summed E-state index contributed by atoms with van der Waals surface area (Å²) in [6.07, 6.45) is -2.74. The van der Waals surface area contributed by atoms with Gasteiger partial charge in [-0.2, -0.15) is 0 Å². The largest absolute Gasteiger partial charge is 0.489 e. The van der Waals surface area contributed by atoms with E-state index in [1.165, 1.54) is 6.07 Å². The fourth-order valence-electron chi connectivity index (χ4n) is 6.06. The van der Waals surface area contributed by atoms with Gasteiger partial charge in [-0.05, 0) is 117 Å². The van der Waals surface area contributed by atoms with Crippen molar-refractivity contribution < 1.29 is 38.7 Å². The first-order valence-electron chi connectivity index (χ1n) is 17.5. The molecule has 8 nitrogen and oxygen atoms in total. The van der Waals surface area contributed by atoms with Crippen LogP contribution in [0.15, 0.2) is 72.8 Å². The van der Waals surface area contributed by atoms with Gasteiger partial charge < -0.3 is 29.9 Å². The number of hydrogen-bond donors (Lipinski definition) is 4. The minimum atomic E-state index is -2.74. The zero-order valence-electron chi connectivity index (χ0n) is 31.4. The Morgan fingerprint density at radius 1 is 0.615 bits per heavy atom. The molecule has 0 fully saturated rings. The highest BCUT2D eigenvalue weighted by atomic mass is 19.3. The van der Waals surface area contributed by atoms with Crippen molar-refractivity contribution in [1.29, 1.82) is 0 Å². The molecule has 0 amide bonds. The molecular formula is C42H54F2N2O6. The third kappa shape index (κ3) is 9.36. The summed E-state index contributed by atoms with van der Waals surface area (Å²) in [7, 11) is 3.61. The lowest BCUT2D eigenvalue weighted by atomic mass is 9.92. The Morgan fingerprint density at radius 3 is 1.46 bits per heavy atom. The summed E-state index contributed by atoms with van der Waals surface area (Å²) < 4.78 is 40.7. The predicted molar refractivity (Wildman–Crippen MR) is 201 cm³/mol. The van der Waals surface area contributed by atoms with Crippen LogP contribution in [0, 0.1) is 20.8 Å². The van der Waals surface area contributed by atoms with Gasteiger partial charge >= 0.3 is 0 Å². The molecule has 4 N–H and O–H groups in total. The number of benzene rings is 4. The number of likely N-dealkylation sites (N-methyl/N-ethyl adjacent to an activating group) is 2. The van der Waals surface area contributed by atoms with E-state index in [0.29, 0.717) is 18.7 Å². The number of hydrogen-bond acceptors (Lipinski definition) is 8.